The van der Waals surface area contributed by atoms with Crippen LogP contribution >= 0.6 is 36.4 Å². The Bertz CT molecular complexity index is 680. The van der Waals surface area contributed by atoms with Gasteiger partial charge in [0.2, 0.25) is 0 Å². The van der Waals surface area contributed by atoms with E-state index in [4.69, 9.17) is 16.3 Å². The quantitative estimate of drug-likeness (QED) is 0.616. The van der Waals surface area contributed by atoms with Crippen molar-refractivity contribution in [3.8, 4) is 5.75 Å². The lowest BCUT2D eigenvalue weighted by Crippen LogP contribution is -2.38. The third-order valence-electron chi connectivity index (χ3n) is 4.98. The molecule has 0 amide bonds. The van der Waals surface area contributed by atoms with E-state index >= 15 is 0 Å². The summed E-state index contributed by atoms with van der Waals surface area (Å²) in [7, 11) is 0. The molecular formula is C21H29Cl3N2O. The summed E-state index contributed by atoms with van der Waals surface area (Å²) in [6, 6.07) is 16.8. The van der Waals surface area contributed by atoms with Crippen LogP contribution in [0.3, 0.4) is 0 Å². The molecule has 1 aliphatic heterocycles. The van der Waals surface area contributed by atoms with Crippen molar-refractivity contribution in [1.82, 2.24) is 9.80 Å². The second-order valence-corrected chi connectivity index (χ2v) is 6.84. The van der Waals surface area contributed by atoms with Gasteiger partial charge in [0.1, 0.15) is 12.4 Å². The molecule has 1 aliphatic rings. The summed E-state index contributed by atoms with van der Waals surface area (Å²) in [5.74, 6) is 0.948. The number of ether oxygens (including phenoxy) is 1. The zero-order valence-corrected chi connectivity index (χ0v) is 18.3. The summed E-state index contributed by atoms with van der Waals surface area (Å²) in [5.41, 5.74) is 2.45. The second kappa shape index (κ2) is 11.8. The van der Waals surface area contributed by atoms with Gasteiger partial charge >= 0.3 is 0 Å². The predicted octanol–water partition coefficient (Wildman–Crippen LogP) is 5.31. The van der Waals surface area contributed by atoms with E-state index in [2.05, 4.69) is 60.0 Å². The zero-order chi connectivity index (χ0) is 17.6. The van der Waals surface area contributed by atoms with Gasteiger partial charge in [0.05, 0.1) is 6.04 Å². The van der Waals surface area contributed by atoms with Crippen molar-refractivity contribution in [3.63, 3.8) is 0 Å². The number of rotatable bonds is 6. The maximum absolute atomic E-state index is 6.32. The highest BCUT2D eigenvalue weighted by Crippen LogP contribution is 2.38. The van der Waals surface area contributed by atoms with Crippen LogP contribution in [-0.4, -0.2) is 49.1 Å². The number of halogens is 3. The fourth-order valence-corrected chi connectivity index (χ4v) is 3.72. The van der Waals surface area contributed by atoms with E-state index in [1.165, 1.54) is 5.56 Å². The van der Waals surface area contributed by atoms with Crippen molar-refractivity contribution in [2.45, 2.75) is 19.9 Å². The Kier molecular flexibility index (Phi) is 10.5. The Labute approximate surface area is 180 Å². The van der Waals surface area contributed by atoms with Gasteiger partial charge in [-0.25, -0.2) is 0 Å². The second-order valence-electron chi connectivity index (χ2n) is 6.41. The van der Waals surface area contributed by atoms with Gasteiger partial charge in [0, 0.05) is 30.2 Å². The largest absolute Gasteiger partial charge is 0.492 e. The van der Waals surface area contributed by atoms with E-state index in [1.54, 1.807) is 0 Å². The molecule has 0 aromatic heterocycles. The average Bonchev–Trinajstić information content (AvgIpc) is 2.82. The molecule has 0 fully saturated rings. The first kappa shape index (κ1) is 24.1. The SMILES string of the molecule is CCN(CC)CCN1CCOc2ccc(Cl)cc2C1c1ccccc1.Cl.Cl. The van der Waals surface area contributed by atoms with Crippen molar-refractivity contribution in [2.75, 3.05) is 39.3 Å². The lowest BCUT2D eigenvalue weighted by Gasteiger charge is -2.32. The summed E-state index contributed by atoms with van der Waals surface area (Å²) in [6.45, 7) is 10.3. The molecule has 6 heteroatoms. The number of likely N-dealkylation sites (N-methyl/N-ethyl adjacent to an activating group) is 1. The summed E-state index contributed by atoms with van der Waals surface area (Å²) < 4.78 is 6.03. The first-order valence-corrected chi connectivity index (χ1v) is 9.54. The van der Waals surface area contributed by atoms with Crippen LogP contribution in [0.4, 0.5) is 0 Å². The normalized spacial score (nSPS) is 16.5. The minimum Gasteiger partial charge on any atom is -0.492 e. The van der Waals surface area contributed by atoms with E-state index < -0.39 is 0 Å². The van der Waals surface area contributed by atoms with Crippen molar-refractivity contribution in [2.24, 2.45) is 0 Å². The van der Waals surface area contributed by atoms with Crippen LogP contribution in [0.15, 0.2) is 48.5 Å². The fourth-order valence-electron chi connectivity index (χ4n) is 3.54. The Balaban J connectivity index is 0.00000182. The Morgan fingerprint density at radius 2 is 1.78 bits per heavy atom. The van der Waals surface area contributed by atoms with E-state index in [1.807, 2.05) is 12.1 Å². The molecular weight excluding hydrogens is 403 g/mol. The lowest BCUT2D eigenvalue weighted by atomic mass is 9.96. The van der Waals surface area contributed by atoms with Crippen LogP contribution in [0.1, 0.15) is 31.0 Å². The van der Waals surface area contributed by atoms with Crippen LogP contribution in [0.2, 0.25) is 5.02 Å². The molecule has 0 spiro atoms. The van der Waals surface area contributed by atoms with Gasteiger partial charge in [-0.05, 0) is 36.9 Å². The van der Waals surface area contributed by atoms with Gasteiger partial charge in [-0.3, -0.25) is 4.90 Å². The summed E-state index contributed by atoms with van der Waals surface area (Å²) in [6.07, 6.45) is 0. The number of hydrogen-bond donors (Lipinski definition) is 0. The molecule has 0 aliphatic carbocycles. The highest BCUT2D eigenvalue weighted by Gasteiger charge is 2.28. The number of fused-ring (bicyclic) bond motifs is 1. The van der Waals surface area contributed by atoms with Crippen LogP contribution in [0.5, 0.6) is 5.75 Å². The molecule has 3 nitrogen and oxygen atoms in total. The Morgan fingerprint density at radius 3 is 2.44 bits per heavy atom. The van der Waals surface area contributed by atoms with E-state index in [0.29, 0.717) is 6.61 Å². The molecule has 1 atom stereocenters. The fraction of sp³-hybridized carbons (Fsp3) is 0.429. The van der Waals surface area contributed by atoms with Crippen LogP contribution in [0.25, 0.3) is 0 Å². The molecule has 27 heavy (non-hydrogen) atoms. The zero-order valence-electron chi connectivity index (χ0n) is 15.9. The molecule has 0 radical (unpaired) electrons. The highest BCUT2D eigenvalue weighted by atomic mass is 35.5. The van der Waals surface area contributed by atoms with E-state index in [9.17, 15) is 0 Å². The predicted molar refractivity (Wildman–Crippen MR) is 119 cm³/mol. The van der Waals surface area contributed by atoms with Gasteiger partial charge in [0.25, 0.3) is 0 Å². The molecule has 1 unspecified atom stereocenters. The topological polar surface area (TPSA) is 15.7 Å². The van der Waals surface area contributed by atoms with Gasteiger partial charge in [-0.1, -0.05) is 55.8 Å². The molecule has 2 aromatic rings. The smallest absolute Gasteiger partial charge is 0.124 e. The third kappa shape index (κ3) is 6.00. The van der Waals surface area contributed by atoms with Gasteiger partial charge in [-0.2, -0.15) is 0 Å². The van der Waals surface area contributed by atoms with Crippen molar-refractivity contribution in [1.29, 1.82) is 0 Å². The summed E-state index contributed by atoms with van der Waals surface area (Å²) >= 11 is 6.32. The average molecular weight is 432 g/mol. The van der Waals surface area contributed by atoms with Crippen LogP contribution in [-0.2, 0) is 0 Å². The number of benzene rings is 2. The number of hydrogen-bond acceptors (Lipinski definition) is 3. The van der Waals surface area contributed by atoms with Crippen molar-refractivity contribution in [3.05, 3.63) is 64.7 Å². The number of nitrogens with zero attached hydrogens (tertiary/aromatic N) is 2. The van der Waals surface area contributed by atoms with E-state index in [-0.39, 0.29) is 30.9 Å². The summed E-state index contributed by atoms with van der Waals surface area (Å²) in [5, 5.41) is 0.758. The molecule has 0 N–H and O–H groups in total. The molecule has 0 saturated carbocycles. The van der Waals surface area contributed by atoms with Gasteiger partial charge in [0.15, 0.2) is 0 Å². The molecule has 1 heterocycles. The maximum Gasteiger partial charge on any atom is 0.124 e. The molecule has 0 bridgehead atoms. The summed E-state index contributed by atoms with van der Waals surface area (Å²) in [4.78, 5) is 4.99. The standard InChI is InChI=1S/C21H27ClN2O.2ClH/c1-3-23(4-2)12-13-24-14-15-25-20-11-10-18(22)16-19(20)21(24)17-8-6-5-7-9-17;;/h5-11,16,21H,3-4,12-15H2,1-2H3;2*1H. The van der Waals surface area contributed by atoms with Gasteiger partial charge < -0.3 is 9.64 Å². The first-order valence-electron chi connectivity index (χ1n) is 9.16. The van der Waals surface area contributed by atoms with Gasteiger partial charge in [-0.15, -0.1) is 24.8 Å². The molecule has 3 rings (SSSR count). The first-order chi connectivity index (χ1) is 12.2. The van der Waals surface area contributed by atoms with Crippen molar-refractivity contribution >= 4 is 36.4 Å². The Hall–Kier alpha value is -0.970. The molecule has 0 saturated heterocycles. The molecule has 2 aromatic carbocycles. The Morgan fingerprint density at radius 1 is 1.07 bits per heavy atom. The monoisotopic (exact) mass is 430 g/mol. The molecule has 150 valence electrons. The van der Waals surface area contributed by atoms with E-state index in [0.717, 1.165) is 49.1 Å². The van der Waals surface area contributed by atoms with Crippen LogP contribution < -0.4 is 4.74 Å². The third-order valence-corrected chi connectivity index (χ3v) is 5.22. The lowest BCUT2D eigenvalue weighted by molar-refractivity contribution is 0.171. The minimum absolute atomic E-state index is 0. The highest BCUT2D eigenvalue weighted by molar-refractivity contribution is 6.30. The maximum atomic E-state index is 6.32. The van der Waals surface area contributed by atoms with Crippen molar-refractivity contribution < 1.29 is 4.74 Å². The van der Waals surface area contributed by atoms with Crippen LogP contribution in [0, 0.1) is 0 Å². The minimum atomic E-state index is 0.